The number of hydrogen-bond donors (Lipinski definition) is 1. The normalized spacial score (nSPS) is 9.77. The van der Waals surface area contributed by atoms with Crippen LogP contribution in [0.1, 0.15) is 11.5 Å². The van der Waals surface area contributed by atoms with Crippen LogP contribution in [0.2, 0.25) is 0 Å². The summed E-state index contributed by atoms with van der Waals surface area (Å²) in [5.74, 6) is 1.22. The van der Waals surface area contributed by atoms with Crippen molar-refractivity contribution in [3.63, 3.8) is 0 Å². The molecule has 0 bridgehead atoms. The van der Waals surface area contributed by atoms with E-state index in [0.717, 1.165) is 0 Å². The fourth-order valence-corrected chi connectivity index (χ4v) is 0.911. The molecule has 0 unspecified atom stereocenters. The van der Waals surface area contributed by atoms with Gasteiger partial charge in [0.15, 0.2) is 0 Å². The third-order valence-electron chi connectivity index (χ3n) is 1.29. The third kappa shape index (κ3) is 2.69. The Bertz CT molecular complexity index is 339. The summed E-state index contributed by atoms with van der Waals surface area (Å²) in [4.78, 5) is 8.04. The zero-order valence-corrected chi connectivity index (χ0v) is 7.87. The van der Waals surface area contributed by atoms with Crippen LogP contribution in [0.5, 0.6) is 0 Å². The minimum absolute atomic E-state index is 0.372. The average Bonchev–Trinajstić information content (AvgIpc) is 2.01. The van der Waals surface area contributed by atoms with Crippen LogP contribution in [0, 0.1) is 18.3 Å². The van der Waals surface area contributed by atoms with E-state index >= 15 is 0 Å². The Kier molecular flexibility index (Phi) is 2.77. The summed E-state index contributed by atoms with van der Waals surface area (Å²) in [5.41, 5.74) is 3.32. The number of rotatable bonds is 2. The molecule has 0 atom stereocenters. The van der Waals surface area contributed by atoms with Gasteiger partial charge < -0.3 is 5.43 Å². The number of nitrogens with zero attached hydrogens (tertiary/aromatic N) is 4. The molecule has 68 valence electrons. The maximum absolute atomic E-state index is 8.64. The van der Waals surface area contributed by atoms with Gasteiger partial charge in [-0.1, -0.05) is 0 Å². The Morgan fingerprint density at radius 1 is 1.46 bits per heavy atom. The lowest BCUT2D eigenvalue weighted by molar-refractivity contribution is 0.492. The number of aryl methyl sites for hydroxylation is 1. The molecule has 1 N–H and O–H groups in total. The molecule has 0 aliphatic carbocycles. The second kappa shape index (κ2) is 3.83. The zero-order valence-electron chi connectivity index (χ0n) is 7.87. The molecule has 1 rings (SSSR count). The largest absolute Gasteiger partial charge is 0.303 e. The van der Waals surface area contributed by atoms with Gasteiger partial charge in [-0.05, 0) is 6.92 Å². The summed E-state index contributed by atoms with van der Waals surface area (Å²) >= 11 is 0. The van der Waals surface area contributed by atoms with Crippen LogP contribution >= 0.6 is 0 Å². The molecule has 0 spiro atoms. The Labute approximate surface area is 77.0 Å². The van der Waals surface area contributed by atoms with Crippen molar-refractivity contribution in [1.82, 2.24) is 15.0 Å². The van der Waals surface area contributed by atoms with E-state index in [-0.39, 0.29) is 0 Å². The lowest BCUT2D eigenvalue weighted by Gasteiger charge is -2.12. The van der Waals surface area contributed by atoms with Crippen molar-refractivity contribution in [3.8, 4) is 6.07 Å². The Morgan fingerprint density at radius 3 is 2.69 bits per heavy atom. The van der Waals surface area contributed by atoms with Gasteiger partial charge in [-0.3, -0.25) is 0 Å². The van der Waals surface area contributed by atoms with Gasteiger partial charge in [0.2, 0.25) is 0 Å². The molecule has 5 nitrogen and oxygen atoms in total. The molecule has 0 saturated carbocycles. The highest BCUT2D eigenvalue weighted by atomic mass is 15.5. The van der Waals surface area contributed by atoms with Crippen LogP contribution in [0.3, 0.4) is 0 Å². The lowest BCUT2D eigenvalue weighted by atomic mass is 10.4. The summed E-state index contributed by atoms with van der Waals surface area (Å²) in [6, 6.07) is 3.58. The Hall–Kier alpha value is -1.67. The second-order valence-electron chi connectivity index (χ2n) is 2.80. The molecule has 0 amide bonds. The zero-order chi connectivity index (χ0) is 9.84. The van der Waals surface area contributed by atoms with Gasteiger partial charge in [0.05, 0.1) is 0 Å². The first-order chi connectivity index (χ1) is 6.11. The molecule has 0 aliphatic heterocycles. The Morgan fingerprint density at radius 2 is 2.15 bits per heavy atom. The topological polar surface area (TPSA) is 64.8 Å². The van der Waals surface area contributed by atoms with E-state index < -0.39 is 0 Å². The quantitative estimate of drug-likeness (QED) is 0.668. The smallest absolute Gasteiger partial charge is 0.146 e. The molecule has 0 saturated heterocycles. The number of hydrogen-bond acceptors (Lipinski definition) is 5. The maximum atomic E-state index is 8.64. The van der Waals surface area contributed by atoms with Crippen molar-refractivity contribution in [1.29, 1.82) is 5.26 Å². The van der Waals surface area contributed by atoms with E-state index in [1.54, 1.807) is 18.0 Å². The summed E-state index contributed by atoms with van der Waals surface area (Å²) in [6.07, 6.45) is 0. The molecular weight excluding hydrogens is 166 g/mol. The minimum atomic E-state index is 0.372. The van der Waals surface area contributed by atoms with Gasteiger partial charge in [0.1, 0.15) is 23.4 Å². The molecule has 1 aromatic heterocycles. The van der Waals surface area contributed by atoms with Gasteiger partial charge in [-0.25, -0.2) is 15.0 Å². The highest BCUT2D eigenvalue weighted by molar-refractivity contribution is 5.38. The molecule has 1 heterocycles. The first kappa shape index (κ1) is 9.42. The van der Waals surface area contributed by atoms with Crippen molar-refractivity contribution in [2.75, 3.05) is 19.5 Å². The predicted molar refractivity (Wildman–Crippen MR) is 48.8 cm³/mol. The standard InChI is InChI=1S/C8H11N5/c1-6-10-7(5-9)4-8(11-6)12-13(2)3/h4H,1-3H3,(H,10,11,12). The first-order valence-electron chi connectivity index (χ1n) is 3.81. The van der Waals surface area contributed by atoms with E-state index in [9.17, 15) is 0 Å². The summed E-state index contributed by atoms with van der Waals surface area (Å²) in [5, 5.41) is 10.4. The van der Waals surface area contributed by atoms with Gasteiger partial charge in [-0.15, -0.1) is 0 Å². The third-order valence-corrected chi connectivity index (χ3v) is 1.29. The van der Waals surface area contributed by atoms with Crippen LogP contribution in [0.15, 0.2) is 6.07 Å². The van der Waals surface area contributed by atoms with Gasteiger partial charge in [-0.2, -0.15) is 5.26 Å². The molecule has 0 aromatic carbocycles. The maximum Gasteiger partial charge on any atom is 0.146 e. The van der Waals surface area contributed by atoms with Gasteiger partial charge in [0, 0.05) is 20.2 Å². The molecule has 0 aliphatic rings. The highest BCUT2D eigenvalue weighted by Gasteiger charge is 2.00. The fraction of sp³-hybridized carbons (Fsp3) is 0.375. The number of anilines is 1. The summed E-state index contributed by atoms with van der Waals surface area (Å²) < 4.78 is 0. The average molecular weight is 177 g/mol. The molecule has 0 fully saturated rings. The van der Waals surface area contributed by atoms with Gasteiger partial charge in [0.25, 0.3) is 0 Å². The monoisotopic (exact) mass is 177 g/mol. The molecule has 13 heavy (non-hydrogen) atoms. The van der Waals surface area contributed by atoms with Crippen molar-refractivity contribution in [2.45, 2.75) is 6.92 Å². The highest BCUT2D eigenvalue weighted by Crippen LogP contribution is 2.05. The van der Waals surface area contributed by atoms with E-state index in [1.165, 1.54) is 0 Å². The SMILES string of the molecule is Cc1nc(C#N)cc(NN(C)C)n1. The number of nitrogens with one attached hydrogen (secondary N) is 1. The summed E-state index contributed by atoms with van der Waals surface area (Å²) in [6.45, 7) is 1.75. The van der Waals surface area contributed by atoms with E-state index in [2.05, 4.69) is 15.4 Å². The van der Waals surface area contributed by atoms with Crippen LogP contribution in [-0.4, -0.2) is 29.1 Å². The van der Waals surface area contributed by atoms with E-state index in [4.69, 9.17) is 5.26 Å². The second-order valence-corrected chi connectivity index (χ2v) is 2.80. The number of aromatic nitrogens is 2. The molecule has 0 radical (unpaired) electrons. The fourth-order valence-electron chi connectivity index (χ4n) is 0.911. The summed E-state index contributed by atoms with van der Waals surface area (Å²) in [7, 11) is 3.70. The number of hydrazine groups is 1. The number of nitriles is 1. The first-order valence-corrected chi connectivity index (χ1v) is 3.81. The molecule has 1 aromatic rings. The van der Waals surface area contributed by atoms with E-state index in [0.29, 0.717) is 17.3 Å². The lowest BCUT2D eigenvalue weighted by Crippen LogP contribution is -2.20. The predicted octanol–water partition coefficient (Wildman–Crippen LogP) is 0.545. The minimum Gasteiger partial charge on any atom is -0.303 e. The van der Waals surface area contributed by atoms with Crippen molar-refractivity contribution >= 4 is 5.82 Å². The molecular formula is C8H11N5. The van der Waals surface area contributed by atoms with Crippen molar-refractivity contribution in [3.05, 3.63) is 17.6 Å². The van der Waals surface area contributed by atoms with E-state index in [1.807, 2.05) is 20.2 Å². The van der Waals surface area contributed by atoms with Crippen molar-refractivity contribution < 1.29 is 0 Å². The Balaban J connectivity index is 2.96. The van der Waals surface area contributed by atoms with Crippen LogP contribution in [-0.2, 0) is 0 Å². The molecule has 5 heteroatoms. The van der Waals surface area contributed by atoms with Crippen molar-refractivity contribution in [2.24, 2.45) is 0 Å². The van der Waals surface area contributed by atoms with Crippen LogP contribution in [0.4, 0.5) is 5.82 Å². The van der Waals surface area contributed by atoms with Crippen LogP contribution in [0.25, 0.3) is 0 Å². The van der Waals surface area contributed by atoms with Crippen LogP contribution < -0.4 is 5.43 Å². The van der Waals surface area contributed by atoms with Gasteiger partial charge >= 0.3 is 0 Å².